The van der Waals surface area contributed by atoms with Gasteiger partial charge in [-0.15, -0.1) is 0 Å². The predicted octanol–water partition coefficient (Wildman–Crippen LogP) is 0.709. The van der Waals surface area contributed by atoms with Crippen molar-refractivity contribution in [2.75, 3.05) is 0 Å². The summed E-state index contributed by atoms with van der Waals surface area (Å²) in [5.74, 6) is 0. The van der Waals surface area contributed by atoms with Crippen molar-refractivity contribution >= 4 is 10.4 Å². The SMILES string of the molecule is C[CH](C)[Zr].O=S(=O)(O)O. The van der Waals surface area contributed by atoms with Crippen molar-refractivity contribution in [2.45, 2.75) is 17.5 Å². The molecule has 9 heavy (non-hydrogen) atoms. The van der Waals surface area contributed by atoms with Crippen LogP contribution in [0, 0.1) is 0 Å². The Labute approximate surface area is 70.1 Å². The Bertz CT molecular complexity index is 127. The van der Waals surface area contributed by atoms with Crippen molar-refractivity contribution in [2.24, 2.45) is 0 Å². The van der Waals surface area contributed by atoms with E-state index in [1.54, 1.807) is 24.7 Å². The first-order valence-corrected chi connectivity index (χ1v) is 4.96. The maximum atomic E-state index is 8.74. The molecule has 55 valence electrons. The first-order valence-electron chi connectivity index (χ1n) is 2.14. The molecule has 0 aliphatic heterocycles. The standard InChI is InChI=1S/C3H7.H2O4S.Zr/c1-3-2;1-5(2,3)4;/h3H,1-2H3;(H2,1,2,3,4);. The van der Waals surface area contributed by atoms with Crippen molar-refractivity contribution < 1.29 is 42.2 Å². The van der Waals surface area contributed by atoms with Crippen LogP contribution in [-0.4, -0.2) is 17.5 Å². The van der Waals surface area contributed by atoms with Crippen LogP contribution >= 0.6 is 0 Å². The summed E-state index contributed by atoms with van der Waals surface area (Å²) in [6.07, 6.45) is 0. The third kappa shape index (κ3) is 704. The van der Waals surface area contributed by atoms with Crippen LogP contribution in [0.1, 0.15) is 13.8 Å². The van der Waals surface area contributed by atoms with Crippen LogP contribution in [-0.2, 0) is 35.1 Å². The molecule has 0 atom stereocenters. The number of hydrogen-bond donors (Lipinski definition) is 2. The first kappa shape index (κ1) is 12.4. The number of rotatable bonds is 0. The van der Waals surface area contributed by atoms with Gasteiger partial charge in [-0.1, -0.05) is 0 Å². The molecule has 4 nitrogen and oxygen atoms in total. The van der Waals surface area contributed by atoms with Crippen LogP contribution in [0.5, 0.6) is 0 Å². The maximum absolute atomic E-state index is 8.74. The minimum absolute atomic E-state index is 0.923. The van der Waals surface area contributed by atoms with E-state index in [4.69, 9.17) is 17.5 Å². The molecule has 6 heteroatoms. The van der Waals surface area contributed by atoms with Crippen molar-refractivity contribution in [3.05, 3.63) is 0 Å². The molecule has 0 spiro atoms. The molecule has 0 aliphatic carbocycles. The van der Waals surface area contributed by atoms with Crippen molar-refractivity contribution in [3.63, 3.8) is 0 Å². The van der Waals surface area contributed by atoms with Gasteiger partial charge in [-0.2, -0.15) is 8.42 Å². The zero-order valence-corrected chi connectivity index (χ0v) is 8.47. The molecule has 0 unspecified atom stereocenters. The average Bonchev–Trinajstić information content (AvgIpc) is 1.19. The van der Waals surface area contributed by atoms with Gasteiger partial charge in [0.05, 0.1) is 0 Å². The van der Waals surface area contributed by atoms with E-state index in [-0.39, 0.29) is 0 Å². The summed E-state index contributed by atoms with van der Waals surface area (Å²) in [5, 5.41) is 0. The third-order valence-corrected chi connectivity index (χ3v) is 0. The quantitative estimate of drug-likeness (QED) is 0.603. The Morgan fingerprint density at radius 2 is 1.33 bits per heavy atom. The van der Waals surface area contributed by atoms with Gasteiger partial charge in [-0.05, 0) is 0 Å². The molecule has 2 N–H and O–H groups in total. The molecule has 0 aromatic rings. The molecule has 0 aromatic heterocycles. The molecule has 0 saturated heterocycles. The summed E-state index contributed by atoms with van der Waals surface area (Å²) < 4.78 is 32.5. The van der Waals surface area contributed by atoms with E-state index < -0.39 is 10.4 Å². The summed E-state index contributed by atoms with van der Waals surface area (Å²) >= 11 is 1.64. The second-order valence-electron chi connectivity index (χ2n) is 1.60. The summed E-state index contributed by atoms with van der Waals surface area (Å²) in [4.78, 5) is 0. The Morgan fingerprint density at radius 3 is 1.33 bits per heavy atom. The van der Waals surface area contributed by atoms with Gasteiger partial charge >= 0.3 is 52.6 Å². The summed E-state index contributed by atoms with van der Waals surface area (Å²) in [7, 11) is -4.67. The Morgan fingerprint density at radius 1 is 1.33 bits per heavy atom. The van der Waals surface area contributed by atoms with Crippen molar-refractivity contribution in [3.8, 4) is 0 Å². The fourth-order valence-electron chi connectivity index (χ4n) is 0. The summed E-state index contributed by atoms with van der Waals surface area (Å²) in [6, 6.07) is 0. The molecule has 0 bridgehead atoms. The van der Waals surface area contributed by atoms with Gasteiger partial charge in [0.15, 0.2) is 0 Å². The van der Waals surface area contributed by atoms with Crippen LogP contribution in [0.25, 0.3) is 0 Å². The Hall–Kier alpha value is 0.753. The molecular weight excluding hydrogens is 223 g/mol. The van der Waals surface area contributed by atoms with Crippen LogP contribution in [0.3, 0.4) is 0 Å². The van der Waals surface area contributed by atoms with E-state index in [2.05, 4.69) is 13.8 Å². The molecule has 0 fully saturated rings. The fourth-order valence-corrected chi connectivity index (χ4v) is 0. The van der Waals surface area contributed by atoms with Crippen molar-refractivity contribution in [1.29, 1.82) is 0 Å². The van der Waals surface area contributed by atoms with Gasteiger partial charge in [0.2, 0.25) is 0 Å². The Kier molecular flexibility index (Phi) is 7.64. The van der Waals surface area contributed by atoms with Gasteiger partial charge < -0.3 is 0 Å². The average molecular weight is 232 g/mol. The molecule has 0 aliphatic rings. The van der Waals surface area contributed by atoms with Crippen LogP contribution in [0.4, 0.5) is 0 Å². The van der Waals surface area contributed by atoms with E-state index in [0.717, 1.165) is 3.63 Å². The van der Waals surface area contributed by atoms with E-state index >= 15 is 0 Å². The Balaban J connectivity index is 0. The van der Waals surface area contributed by atoms with E-state index in [9.17, 15) is 0 Å². The van der Waals surface area contributed by atoms with Crippen LogP contribution < -0.4 is 0 Å². The van der Waals surface area contributed by atoms with Gasteiger partial charge in [0, 0.05) is 0 Å². The monoisotopic (exact) mass is 231 g/mol. The second-order valence-corrected chi connectivity index (χ2v) is 5.34. The van der Waals surface area contributed by atoms with Crippen LogP contribution in [0.15, 0.2) is 0 Å². The zero-order chi connectivity index (χ0) is 8.08. The van der Waals surface area contributed by atoms with Crippen molar-refractivity contribution in [1.82, 2.24) is 0 Å². The minimum Gasteiger partial charge on any atom is -0.264 e. The minimum atomic E-state index is -4.67. The third-order valence-electron chi connectivity index (χ3n) is 0. The van der Waals surface area contributed by atoms with E-state index in [1.807, 2.05) is 0 Å². The molecule has 0 heterocycles. The summed E-state index contributed by atoms with van der Waals surface area (Å²) in [6.45, 7) is 4.41. The molecular formula is C3H9O4SZr. The molecule has 0 radical (unpaired) electrons. The normalized spacial score (nSPS) is 10.2. The predicted molar refractivity (Wildman–Crippen MR) is 29.3 cm³/mol. The molecule has 0 rings (SSSR count). The molecule has 0 aromatic carbocycles. The zero-order valence-electron chi connectivity index (χ0n) is 5.20. The topological polar surface area (TPSA) is 74.6 Å². The molecule has 0 amide bonds. The largest absolute Gasteiger partial charge is 0.394 e. The second kappa shape index (κ2) is 5.53. The number of hydrogen-bond acceptors (Lipinski definition) is 2. The van der Waals surface area contributed by atoms with Gasteiger partial charge in [-0.3, -0.25) is 9.11 Å². The van der Waals surface area contributed by atoms with Gasteiger partial charge in [0.25, 0.3) is 0 Å². The molecule has 0 saturated carbocycles. The summed E-state index contributed by atoms with van der Waals surface area (Å²) in [5.41, 5.74) is 0. The van der Waals surface area contributed by atoms with E-state index in [0.29, 0.717) is 0 Å². The fraction of sp³-hybridized carbons (Fsp3) is 1.00. The van der Waals surface area contributed by atoms with Gasteiger partial charge in [0.1, 0.15) is 0 Å². The van der Waals surface area contributed by atoms with Crippen LogP contribution in [0.2, 0.25) is 3.63 Å². The first-order chi connectivity index (χ1) is 3.73. The maximum Gasteiger partial charge on any atom is 0.394 e. The van der Waals surface area contributed by atoms with E-state index in [1.165, 1.54) is 0 Å². The van der Waals surface area contributed by atoms with Gasteiger partial charge in [-0.25, -0.2) is 0 Å². The smallest absolute Gasteiger partial charge is 0.264 e.